The summed E-state index contributed by atoms with van der Waals surface area (Å²) < 4.78 is 45.6. The van der Waals surface area contributed by atoms with E-state index >= 15 is 0 Å². The summed E-state index contributed by atoms with van der Waals surface area (Å²) in [5.41, 5.74) is -3.09. The molecule has 1 aliphatic rings. The number of benzene rings is 2. The highest BCUT2D eigenvalue weighted by atomic mass is 35.5. The second kappa shape index (κ2) is 7.21. The molecule has 0 saturated carbocycles. The normalized spacial score (nSPS) is 19.7. The largest absolute Gasteiger partial charge is 0.484 e. The van der Waals surface area contributed by atoms with E-state index in [1.807, 2.05) is 0 Å². The Morgan fingerprint density at radius 2 is 1.81 bits per heavy atom. The standard InChI is InChI=1S/C18H14ClF3N2O3/c19-13-6-8-14(9-7-13)27-11-16(25)24-17(26,18(20,21)22)10-15(23-24)12-4-2-1-3-5-12/h1-9,26H,10-11H2/t17-/m1/s1. The maximum atomic E-state index is 13.5. The van der Waals surface area contributed by atoms with E-state index < -0.39 is 30.8 Å². The van der Waals surface area contributed by atoms with Crippen LogP contribution in [0.5, 0.6) is 5.75 Å². The van der Waals surface area contributed by atoms with Crippen LogP contribution in [0.25, 0.3) is 0 Å². The van der Waals surface area contributed by atoms with Gasteiger partial charge < -0.3 is 9.84 Å². The summed E-state index contributed by atoms with van der Waals surface area (Å²) in [6.45, 7) is -0.731. The lowest BCUT2D eigenvalue weighted by molar-refractivity contribution is -0.302. The minimum Gasteiger partial charge on any atom is -0.484 e. The van der Waals surface area contributed by atoms with Crippen molar-refractivity contribution in [2.45, 2.75) is 18.3 Å². The van der Waals surface area contributed by atoms with Crippen LogP contribution in [0.4, 0.5) is 13.2 Å². The Balaban J connectivity index is 1.83. The zero-order valence-electron chi connectivity index (χ0n) is 13.8. The molecule has 9 heteroatoms. The van der Waals surface area contributed by atoms with Gasteiger partial charge in [0.15, 0.2) is 6.61 Å². The highest BCUT2D eigenvalue weighted by Gasteiger charge is 2.63. The fraction of sp³-hybridized carbons (Fsp3) is 0.222. The Morgan fingerprint density at radius 1 is 1.19 bits per heavy atom. The second-order valence-corrected chi connectivity index (χ2v) is 6.29. The fourth-order valence-electron chi connectivity index (χ4n) is 2.56. The van der Waals surface area contributed by atoms with Crippen molar-refractivity contribution in [1.29, 1.82) is 0 Å². The van der Waals surface area contributed by atoms with Crippen LogP contribution in [-0.2, 0) is 4.79 Å². The number of hydrogen-bond acceptors (Lipinski definition) is 4. The first-order chi connectivity index (χ1) is 12.7. The van der Waals surface area contributed by atoms with Crippen molar-refractivity contribution in [1.82, 2.24) is 5.01 Å². The number of carbonyl (C=O) groups excluding carboxylic acids is 1. The molecule has 3 rings (SSSR count). The Labute approximate surface area is 157 Å². The monoisotopic (exact) mass is 398 g/mol. The molecular weight excluding hydrogens is 385 g/mol. The van der Waals surface area contributed by atoms with Gasteiger partial charge in [0.05, 0.1) is 12.1 Å². The molecule has 0 bridgehead atoms. The van der Waals surface area contributed by atoms with E-state index in [1.54, 1.807) is 30.3 Å². The van der Waals surface area contributed by atoms with Crippen molar-refractivity contribution >= 4 is 23.2 Å². The van der Waals surface area contributed by atoms with Gasteiger partial charge in [-0.3, -0.25) is 4.79 Å². The van der Waals surface area contributed by atoms with Gasteiger partial charge in [0.2, 0.25) is 0 Å². The third-order valence-corrected chi connectivity index (χ3v) is 4.21. The summed E-state index contributed by atoms with van der Waals surface area (Å²) in [6.07, 6.45) is -5.96. The molecule has 27 heavy (non-hydrogen) atoms. The van der Waals surface area contributed by atoms with Gasteiger partial charge in [0.25, 0.3) is 11.6 Å². The number of hydrogen-bond donors (Lipinski definition) is 1. The van der Waals surface area contributed by atoms with Crippen LogP contribution in [0.3, 0.4) is 0 Å². The number of hydrazone groups is 1. The number of halogens is 4. The van der Waals surface area contributed by atoms with Crippen molar-refractivity contribution in [2.75, 3.05) is 6.61 Å². The van der Waals surface area contributed by atoms with Crippen molar-refractivity contribution < 1.29 is 27.8 Å². The van der Waals surface area contributed by atoms with Gasteiger partial charge >= 0.3 is 6.18 Å². The third-order valence-electron chi connectivity index (χ3n) is 3.96. The SMILES string of the molecule is O=C(COc1ccc(Cl)cc1)N1N=C(c2ccccc2)C[C@@]1(O)C(F)(F)F. The van der Waals surface area contributed by atoms with E-state index in [4.69, 9.17) is 16.3 Å². The minimum absolute atomic E-state index is 0.0460. The van der Waals surface area contributed by atoms with Gasteiger partial charge in [-0.15, -0.1) is 0 Å². The predicted octanol–water partition coefficient (Wildman–Crippen LogP) is 3.61. The minimum atomic E-state index is -5.09. The molecule has 0 aromatic heterocycles. The van der Waals surface area contributed by atoms with Crippen LogP contribution < -0.4 is 4.74 Å². The summed E-state index contributed by atoms with van der Waals surface area (Å²) in [6, 6.07) is 14.0. The van der Waals surface area contributed by atoms with E-state index in [1.165, 1.54) is 24.3 Å². The van der Waals surface area contributed by atoms with Crippen molar-refractivity contribution in [2.24, 2.45) is 5.10 Å². The zero-order chi connectivity index (χ0) is 19.7. The molecule has 1 heterocycles. The molecule has 1 N–H and O–H groups in total. The lowest BCUT2D eigenvalue weighted by Crippen LogP contribution is -2.57. The first-order valence-electron chi connectivity index (χ1n) is 7.84. The Hall–Kier alpha value is -2.58. The number of aliphatic hydroxyl groups is 1. The van der Waals surface area contributed by atoms with Crippen molar-refractivity contribution in [3.8, 4) is 5.75 Å². The average molecular weight is 399 g/mol. The highest BCUT2D eigenvalue weighted by molar-refractivity contribution is 6.30. The lowest BCUT2D eigenvalue weighted by atomic mass is 10.0. The van der Waals surface area contributed by atoms with E-state index in [-0.39, 0.29) is 16.5 Å². The molecule has 1 atom stereocenters. The van der Waals surface area contributed by atoms with E-state index in [0.717, 1.165) is 0 Å². The van der Waals surface area contributed by atoms with Crippen molar-refractivity contribution in [3.63, 3.8) is 0 Å². The molecule has 2 aromatic carbocycles. The van der Waals surface area contributed by atoms with Crippen LogP contribution in [0.1, 0.15) is 12.0 Å². The van der Waals surface area contributed by atoms with Gasteiger partial charge in [-0.25, -0.2) is 0 Å². The molecule has 0 radical (unpaired) electrons. The van der Waals surface area contributed by atoms with Gasteiger partial charge in [0.1, 0.15) is 5.75 Å². The van der Waals surface area contributed by atoms with Crippen LogP contribution in [0.2, 0.25) is 5.02 Å². The molecule has 1 aliphatic heterocycles. The summed E-state index contributed by atoms with van der Waals surface area (Å²) in [5.74, 6) is -0.884. The topological polar surface area (TPSA) is 62.1 Å². The van der Waals surface area contributed by atoms with E-state index in [9.17, 15) is 23.1 Å². The molecular formula is C18H14ClF3N2O3. The second-order valence-electron chi connectivity index (χ2n) is 5.85. The third kappa shape index (κ3) is 3.91. The molecule has 142 valence electrons. The fourth-order valence-corrected chi connectivity index (χ4v) is 2.68. The maximum Gasteiger partial charge on any atom is 0.438 e. The lowest BCUT2D eigenvalue weighted by Gasteiger charge is -2.32. The van der Waals surface area contributed by atoms with E-state index in [0.29, 0.717) is 10.6 Å². The number of rotatable bonds is 4. The first kappa shape index (κ1) is 19.2. The van der Waals surface area contributed by atoms with Crippen LogP contribution in [0, 0.1) is 0 Å². The molecule has 2 aromatic rings. The van der Waals surface area contributed by atoms with Crippen LogP contribution >= 0.6 is 11.6 Å². The van der Waals surface area contributed by atoms with Crippen LogP contribution in [0.15, 0.2) is 59.7 Å². The number of nitrogens with zero attached hydrogens (tertiary/aromatic N) is 2. The quantitative estimate of drug-likeness (QED) is 0.856. The Kier molecular flexibility index (Phi) is 5.12. The van der Waals surface area contributed by atoms with Crippen molar-refractivity contribution in [3.05, 3.63) is 65.2 Å². The molecule has 0 aliphatic carbocycles. The van der Waals surface area contributed by atoms with Crippen LogP contribution in [-0.4, -0.2) is 40.2 Å². The number of amides is 1. The molecule has 5 nitrogen and oxygen atoms in total. The number of ether oxygens (including phenoxy) is 1. The summed E-state index contributed by atoms with van der Waals surface area (Å²) in [7, 11) is 0. The Morgan fingerprint density at radius 3 is 2.41 bits per heavy atom. The highest BCUT2D eigenvalue weighted by Crippen LogP contribution is 2.41. The summed E-state index contributed by atoms with van der Waals surface area (Å²) >= 11 is 5.73. The van der Waals surface area contributed by atoms with Gasteiger partial charge in [-0.1, -0.05) is 41.9 Å². The number of alkyl halides is 3. The summed E-state index contributed by atoms with van der Waals surface area (Å²) in [5, 5.41) is 14.4. The molecule has 0 saturated heterocycles. The van der Waals surface area contributed by atoms with Gasteiger partial charge in [-0.2, -0.15) is 23.3 Å². The molecule has 0 fully saturated rings. The predicted molar refractivity (Wildman–Crippen MR) is 92.4 cm³/mol. The van der Waals surface area contributed by atoms with E-state index in [2.05, 4.69) is 5.10 Å². The number of carbonyl (C=O) groups is 1. The molecule has 0 spiro atoms. The summed E-state index contributed by atoms with van der Waals surface area (Å²) in [4.78, 5) is 12.3. The Bertz CT molecular complexity index is 856. The zero-order valence-corrected chi connectivity index (χ0v) is 14.5. The van der Waals surface area contributed by atoms with Gasteiger partial charge in [-0.05, 0) is 29.8 Å². The van der Waals surface area contributed by atoms with Gasteiger partial charge in [0, 0.05) is 5.02 Å². The molecule has 0 unspecified atom stereocenters. The maximum absolute atomic E-state index is 13.5. The average Bonchev–Trinajstić information content (AvgIpc) is 3.01. The molecule has 1 amide bonds. The first-order valence-corrected chi connectivity index (χ1v) is 8.22. The smallest absolute Gasteiger partial charge is 0.438 e.